The Morgan fingerprint density at radius 3 is 2.31 bits per heavy atom. The number of rotatable bonds is 4. The Balaban J connectivity index is 2.35. The molecule has 0 atom stereocenters. The van der Waals surface area contributed by atoms with Crippen LogP contribution in [-0.2, 0) is 0 Å². The van der Waals surface area contributed by atoms with Crippen molar-refractivity contribution in [2.75, 3.05) is 13.7 Å². The molecule has 0 aromatic heterocycles. The lowest BCUT2D eigenvalue weighted by molar-refractivity contribution is 0.364. The second-order valence-electron chi connectivity index (χ2n) is 3.47. The van der Waals surface area contributed by atoms with Crippen LogP contribution in [0.3, 0.4) is 0 Å². The lowest BCUT2D eigenvalue weighted by atomic mass is 10.1. The molecule has 2 rings (SSSR count). The number of hydrogen-bond acceptors (Lipinski definition) is 2. The van der Waals surface area contributed by atoms with E-state index in [1.165, 1.54) is 0 Å². The van der Waals surface area contributed by atoms with Crippen molar-refractivity contribution in [2.24, 2.45) is 0 Å². The Bertz CT molecular complexity index is 503. The highest BCUT2D eigenvalue weighted by Gasteiger charge is 1.98. The van der Waals surface area contributed by atoms with Crippen LogP contribution in [-0.4, -0.2) is 13.7 Å². The van der Waals surface area contributed by atoms with Gasteiger partial charge in [-0.1, -0.05) is 24.8 Å². The summed E-state index contributed by atoms with van der Waals surface area (Å²) in [6.07, 6.45) is 1.73. The third kappa shape index (κ3) is 2.16. The second kappa shape index (κ2) is 4.71. The van der Waals surface area contributed by atoms with Crippen LogP contribution in [0.1, 0.15) is 0 Å². The van der Waals surface area contributed by atoms with Crippen molar-refractivity contribution < 1.29 is 9.47 Å². The first-order valence-electron chi connectivity index (χ1n) is 5.15. The van der Waals surface area contributed by atoms with Gasteiger partial charge in [-0.05, 0) is 35.0 Å². The van der Waals surface area contributed by atoms with Crippen molar-refractivity contribution >= 4 is 10.8 Å². The molecule has 2 nitrogen and oxygen atoms in total. The monoisotopic (exact) mass is 214 g/mol. The Labute approximate surface area is 95.1 Å². The molecule has 2 aromatic rings. The number of methoxy groups -OCH3 is 1. The van der Waals surface area contributed by atoms with Gasteiger partial charge in [-0.2, -0.15) is 0 Å². The van der Waals surface area contributed by atoms with Crippen molar-refractivity contribution in [1.29, 1.82) is 0 Å². The van der Waals surface area contributed by atoms with Crippen LogP contribution in [0.2, 0.25) is 0 Å². The van der Waals surface area contributed by atoms with Crippen molar-refractivity contribution in [3.63, 3.8) is 0 Å². The molecule has 0 bridgehead atoms. The van der Waals surface area contributed by atoms with E-state index in [2.05, 4.69) is 6.58 Å². The van der Waals surface area contributed by atoms with E-state index in [0.29, 0.717) is 6.61 Å². The summed E-state index contributed by atoms with van der Waals surface area (Å²) >= 11 is 0. The molecule has 0 heterocycles. The minimum absolute atomic E-state index is 0.529. The first-order valence-corrected chi connectivity index (χ1v) is 5.15. The largest absolute Gasteiger partial charge is 0.497 e. The molecule has 0 spiro atoms. The Morgan fingerprint density at radius 1 is 1.06 bits per heavy atom. The van der Waals surface area contributed by atoms with E-state index in [1.54, 1.807) is 13.2 Å². The van der Waals surface area contributed by atoms with E-state index >= 15 is 0 Å². The molecule has 82 valence electrons. The summed E-state index contributed by atoms with van der Waals surface area (Å²) in [6, 6.07) is 12.0. The first kappa shape index (κ1) is 10.6. The highest BCUT2D eigenvalue weighted by molar-refractivity contribution is 5.85. The summed E-state index contributed by atoms with van der Waals surface area (Å²) in [5.41, 5.74) is 0. The lowest BCUT2D eigenvalue weighted by Crippen LogP contribution is -1.92. The predicted molar refractivity (Wildman–Crippen MR) is 66.2 cm³/mol. The summed E-state index contributed by atoms with van der Waals surface area (Å²) in [5.74, 6) is 1.73. The molecule has 0 aliphatic heterocycles. The molecule has 0 fully saturated rings. The molecule has 0 N–H and O–H groups in total. The van der Waals surface area contributed by atoms with Crippen LogP contribution in [0, 0.1) is 0 Å². The van der Waals surface area contributed by atoms with Crippen molar-refractivity contribution in [3.05, 3.63) is 49.1 Å². The van der Waals surface area contributed by atoms with Crippen LogP contribution < -0.4 is 9.47 Å². The average molecular weight is 214 g/mol. The summed E-state index contributed by atoms with van der Waals surface area (Å²) in [4.78, 5) is 0. The molecule has 16 heavy (non-hydrogen) atoms. The van der Waals surface area contributed by atoms with Crippen molar-refractivity contribution in [1.82, 2.24) is 0 Å². The summed E-state index contributed by atoms with van der Waals surface area (Å²) in [5, 5.41) is 2.28. The zero-order chi connectivity index (χ0) is 11.4. The van der Waals surface area contributed by atoms with Gasteiger partial charge in [0.25, 0.3) is 0 Å². The van der Waals surface area contributed by atoms with Crippen LogP contribution in [0.15, 0.2) is 49.1 Å². The van der Waals surface area contributed by atoms with Gasteiger partial charge in [0.1, 0.15) is 18.1 Å². The smallest absolute Gasteiger partial charge is 0.120 e. The standard InChI is InChI=1S/C14H14O2/c1-3-8-16-14-7-5-11-9-13(15-2)6-4-12(11)10-14/h3-7,9-10H,1,8H2,2H3. The second-order valence-corrected chi connectivity index (χ2v) is 3.47. The van der Waals surface area contributed by atoms with Gasteiger partial charge < -0.3 is 9.47 Å². The first-order chi connectivity index (χ1) is 7.83. The van der Waals surface area contributed by atoms with Crippen LogP contribution in [0.5, 0.6) is 11.5 Å². The molecule has 0 aliphatic carbocycles. The third-order valence-electron chi connectivity index (χ3n) is 2.39. The molecule has 0 amide bonds. The molecule has 0 unspecified atom stereocenters. The zero-order valence-corrected chi connectivity index (χ0v) is 9.27. The molecule has 0 saturated carbocycles. The van der Waals surface area contributed by atoms with E-state index in [9.17, 15) is 0 Å². The summed E-state index contributed by atoms with van der Waals surface area (Å²) < 4.78 is 10.6. The quantitative estimate of drug-likeness (QED) is 0.726. The third-order valence-corrected chi connectivity index (χ3v) is 2.39. The normalized spacial score (nSPS) is 10.1. The average Bonchev–Trinajstić information content (AvgIpc) is 2.35. The van der Waals surface area contributed by atoms with Crippen molar-refractivity contribution in [3.8, 4) is 11.5 Å². The number of hydrogen-bond donors (Lipinski definition) is 0. The number of benzene rings is 2. The fourth-order valence-corrected chi connectivity index (χ4v) is 1.57. The fraction of sp³-hybridized carbons (Fsp3) is 0.143. The maximum Gasteiger partial charge on any atom is 0.120 e. The summed E-state index contributed by atoms with van der Waals surface area (Å²) in [7, 11) is 1.67. The van der Waals surface area contributed by atoms with Gasteiger partial charge in [0.05, 0.1) is 7.11 Å². The molecule has 0 saturated heterocycles. The van der Waals surface area contributed by atoms with E-state index in [0.717, 1.165) is 22.3 Å². The maximum atomic E-state index is 5.47. The highest BCUT2D eigenvalue weighted by Crippen LogP contribution is 2.24. The SMILES string of the molecule is C=CCOc1ccc2cc(OC)ccc2c1. The molecule has 0 radical (unpaired) electrons. The van der Waals surface area contributed by atoms with E-state index < -0.39 is 0 Å². The van der Waals surface area contributed by atoms with Gasteiger partial charge in [-0.25, -0.2) is 0 Å². The zero-order valence-electron chi connectivity index (χ0n) is 9.27. The number of fused-ring (bicyclic) bond motifs is 1. The van der Waals surface area contributed by atoms with E-state index in [1.807, 2.05) is 36.4 Å². The fourth-order valence-electron chi connectivity index (χ4n) is 1.57. The molecule has 2 heteroatoms. The Morgan fingerprint density at radius 2 is 1.69 bits per heavy atom. The van der Waals surface area contributed by atoms with Gasteiger partial charge in [-0.3, -0.25) is 0 Å². The molecular formula is C14H14O2. The topological polar surface area (TPSA) is 18.5 Å². The predicted octanol–water partition coefficient (Wildman–Crippen LogP) is 3.41. The van der Waals surface area contributed by atoms with Gasteiger partial charge in [0.15, 0.2) is 0 Å². The molecule has 2 aromatic carbocycles. The maximum absolute atomic E-state index is 5.47. The van der Waals surface area contributed by atoms with Crippen molar-refractivity contribution in [2.45, 2.75) is 0 Å². The van der Waals surface area contributed by atoms with Gasteiger partial charge >= 0.3 is 0 Å². The molecule has 0 aliphatic rings. The van der Waals surface area contributed by atoms with Crippen LogP contribution in [0.25, 0.3) is 10.8 Å². The minimum Gasteiger partial charge on any atom is -0.497 e. The van der Waals surface area contributed by atoms with Gasteiger partial charge in [0.2, 0.25) is 0 Å². The molecular weight excluding hydrogens is 200 g/mol. The Kier molecular flexibility index (Phi) is 3.10. The van der Waals surface area contributed by atoms with Gasteiger partial charge in [0, 0.05) is 0 Å². The van der Waals surface area contributed by atoms with Crippen LogP contribution in [0.4, 0.5) is 0 Å². The van der Waals surface area contributed by atoms with Gasteiger partial charge in [-0.15, -0.1) is 0 Å². The highest BCUT2D eigenvalue weighted by atomic mass is 16.5. The van der Waals surface area contributed by atoms with E-state index in [-0.39, 0.29) is 0 Å². The van der Waals surface area contributed by atoms with Crippen LogP contribution >= 0.6 is 0 Å². The Hall–Kier alpha value is -1.96. The van der Waals surface area contributed by atoms with E-state index in [4.69, 9.17) is 9.47 Å². The summed E-state index contributed by atoms with van der Waals surface area (Å²) in [6.45, 7) is 4.15. The lowest BCUT2D eigenvalue weighted by Gasteiger charge is -2.06. The minimum atomic E-state index is 0.529. The number of ether oxygens (including phenoxy) is 2.